The first kappa shape index (κ1) is 89.6. The number of rotatable bonds is 68. The lowest BCUT2D eigenvalue weighted by molar-refractivity contribution is -0.870. The summed E-state index contributed by atoms with van der Waals surface area (Å²) in [7, 11) is 1.51. The van der Waals surface area contributed by atoms with E-state index in [1.165, 1.54) is 141 Å². The van der Waals surface area contributed by atoms with Gasteiger partial charge in [-0.15, -0.1) is 0 Å². The Morgan fingerprint density at radius 3 is 0.979 bits per heavy atom. The summed E-state index contributed by atoms with van der Waals surface area (Å²) in [6.45, 7) is 4.66. The number of nitrogens with one attached hydrogen (secondary N) is 1. The normalized spacial score (nSPS) is 14.6. The van der Waals surface area contributed by atoms with Crippen molar-refractivity contribution in [3.8, 4) is 0 Å². The summed E-state index contributed by atoms with van der Waals surface area (Å²) in [4.78, 5) is 23.4. The van der Waals surface area contributed by atoms with Crippen molar-refractivity contribution in [2.45, 2.75) is 309 Å². The van der Waals surface area contributed by atoms with Crippen molar-refractivity contribution >= 4 is 13.7 Å². The molecular formula is C85H144N2O6P+. The maximum atomic E-state index is 13.1. The van der Waals surface area contributed by atoms with Crippen LogP contribution in [0.5, 0.6) is 0 Å². The Morgan fingerprint density at radius 2 is 0.649 bits per heavy atom. The van der Waals surface area contributed by atoms with Crippen LogP contribution in [0.25, 0.3) is 0 Å². The fourth-order valence-corrected chi connectivity index (χ4v) is 11.0. The van der Waals surface area contributed by atoms with Gasteiger partial charge in [0.15, 0.2) is 0 Å². The second kappa shape index (κ2) is 72.9. The van der Waals surface area contributed by atoms with E-state index in [1.807, 2.05) is 27.2 Å². The van der Waals surface area contributed by atoms with Gasteiger partial charge in [-0.05, 0) is 135 Å². The minimum absolute atomic E-state index is 0.0385. The number of carbonyl (C=O) groups is 1. The quantitative estimate of drug-likeness (QED) is 0.0243. The topological polar surface area (TPSA) is 105 Å². The van der Waals surface area contributed by atoms with E-state index < -0.39 is 20.0 Å². The third kappa shape index (κ3) is 75.0. The molecule has 0 aliphatic carbocycles. The summed E-state index contributed by atoms with van der Waals surface area (Å²) in [6.07, 6.45) is 116. The molecule has 0 aromatic rings. The highest BCUT2D eigenvalue weighted by atomic mass is 31.2. The number of amides is 1. The highest BCUT2D eigenvalue weighted by molar-refractivity contribution is 7.47. The second-order valence-electron chi connectivity index (χ2n) is 26.3. The van der Waals surface area contributed by atoms with Crippen molar-refractivity contribution in [2.24, 2.45) is 0 Å². The number of hydrogen-bond acceptors (Lipinski definition) is 5. The largest absolute Gasteiger partial charge is 0.472 e. The Bertz CT molecular complexity index is 2200. The van der Waals surface area contributed by atoms with Gasteiger partial charge in [-0.1, -0.05) is 337 Å². The zero-order valence-electron chi connectivity index (χ0n) is 61.1. The molecule has 534 valence electrons. The van der Waals surface area contributed by atoms with Gasteiger partial charge in [0, 0.05) is 6.42 Å². The lowest BCUT2D eigenvalue weighted by atomic mass is 10.0. The number of nitrogens with zero attached hydrogens (tertiary/aromatic N) is 1. The van der Waals surface area contributed by atoms with Gasteiger partial charge in [0.25, 0.3) is 0 Å². The van der Waals surface area contributed by atoms with Gasteiger partial charge in [-0.25, -0.2) is 4.57 Å². The molecule has 0 rings (SSSR count). The predicted molar refractivity (Wildman–Crippen MR) is 414 cm³/mol. The van der Waals surface area contributed by atoms with Crippen LogP contribution < -0.4 is 5.32 Å². The standard InChI is InChI=1S/C85H143N2O6P/c1-6-8-10-12-14-16-18-20-22-24-26-28-30-32-34-36-38-39-40-41-42-43-44-45-46-47-49-51-53-55-57-59-61-63-65-67-69-71-73-75-77-79-85(89)86-83(82-93-94(90,91)92-81-80-87(3,4)5)84(88)78-76-74-72-70-68-66-64-62-60-58-56-54-52-50-48-37-35-33-31-29-27-25-23-21-19-17-15-13-11-9-7-2/h8,10,14,16,20,22,26,28,32,34,38-39,41-42,44-45,47,49,53,55,59-62,65,67-68,70,76,78,83-84,88H,6-7,9,11-13,15,17-19,21,23-25,27,29-31,33,35-37,40,43,46,48,50-52,54,56-58,63-64,66,69,71-75,77,79-82H2,1-5H3,(H-,86,89,90,91)/p+1/b10-8-,16-14-,22-20-,28-26-,34-32-,39-38-,42-41-,45-44-,49-47-,55-53-,61-59-,62-60+,67-65-,70-68+,78-76+. The third-order valence-corrected chi connectivity index (χ3v) is 17.1. The zero-order chi connectivity index (χ0) is 68.3. The number of hydrogen-bond donors (Lipinski definition) is 3. The maximum absolute atomic E-state index is 13.1. The van der Waals surface area contributed by atoms with Crippen molar-refractivity contribution in [3.05, 3.63) is 182 Å². The van der Waals surface area contributed by atoms with Crippen molar-refractivity contribution in [1.82, 2.24) is 5.32 Å². The molecule has 0 fully saturated rings. The number of phosphoric acid groups is 1. The molecule has 0 aromatic heterocycles. The molecule has 0 heterocycles. The predicted octanol–water partition coefficient (Wildman–Crippen LogP) is 25.2. The van der Waals surface area contributed by atoms with Crippen LogP contribution in [0.2, 0.25) is 0 Å². The molecule has 0 spiro atoms. The summed E-state index contributed by atoms with van der Waals surface area (Å²) < 4.78 is 23.8. The molecule has 3 unspecified atom stereocenters. The van der Waals surface area contributed by atoms with Crippen molar-refractivity contribution < 1.29 is 32.9 Å². The molecule has 3 N–H and O–H groups in total. The lowest BCUT2D eigenvalue weighted by Crippen LogP contribution is -2.45. The number of aliphatic hydroxyl groups is 1. The summed E-state index contributed by atoms with van der Waals surface area (Å²) in [5.74, 6) is -0.221. The van der Waals surface area contributed by atoms with Crippen LogP contribution in [0.3, 0.4) is 0 Å². The monoisotopic (exact) mass is 1320 g/mol. The van der Waals surface area contributed by atoms with E-state index >= 15 is 0 Å². The number of unbranched alkanes of at least 4 members (excludes halogenated alkanes) is 27. The molecule has 9 heteroatoms. The van der Waals surface area contributed by atoms with Crippen LogP contribution in [0.15, 0.2) is 182 Å². The third-order valence-electron chi connectivity index (χ3n) is 16.1. The van der Waals surface area contributed by atoms with Crippen LogP contribution in [0.4, 0.5) is 0 Å². The molecule has 0 radical (unpaired) electrons. The zero-order valence-corrected chi connectivity index (χ0v) is 62.0. The van der Waals surface area contributed by atoms with Crippen LogP contribution in [0.1, 0.15) is 296 Å². The smallest absolute Gasteiger partial charge is 0.387 e. The minimum atomic E-state index is -4.39. The Morgan fingerprint density at radius 1 is 0.372 bits per heavy atom. The number of allylic oxidation sites excluding steroid dienone is 29. The number of phosphoric ester groups is 1. The molecule has 0 aliphatic heterocycles. The molecule has 0 bridgehead atoms. The number of quaternary nitrogens is 1. The molecule has 0 saturated carbocycles. The molecule has 0 aromatic carbocycles. The summed E-state index contributed by atoms with van der Waals surface area (Å²) >= 11 is 0. The van der Waals surface area contributed by atoms with Crippen LogP contribution in [-0.4, -0.2) is 73.4 Å². The van der Waals surface area contributed by atoms with Crippen LogP contribution >= 0.6 is 7.82 Å². The SMILES string of the molecule is CC/C=C\C/C=C\C/C=C\C/C=C\C/C=C\C/C=C\C/C=C\C/C=C\C/C=C\C/C=C\C/C=C\C/C=C\CCCCCCC(=O)NC(COP(=O)(O)OCC[N+](C)(C)C)C(O)/C=C/CC/C=C/CC/C=C/CCCCCCCCCCCCCCCCCCCCCCC. The average Bonchev–Trinajstić information content (AvgIpc) is 1.77. The average molecular weight is 1320 g/mol. The van der Waals surface area contributed by atoms with E-state index in [2.05, 4.69) is 189 Å². The summed E-state index contributed by atoms with van der Waals surface area (Å²) in [5, 5.41) is 14.0. The van der Waals surface area contributed by atoms with Crippen molar-refractivity contribution in [2.75, 3.05) is 40.9 Å². The van der Waals surface area contributed by atoms with Crippen molar-refractivity contribution in [3.63, 3.8) is 0 Å². The van der Waals surface area contributed by atoms with Gasteiger partial charge < -0.3 is 19.8 Å². The van der Waals surface area contributed by atoms with Gasteiger partial charge in [0.1, 0.15) is 13.2 Å². The fourth-order valence-electron chi connectivity index (χ4n) is 10.2. The van der Waals surface area contributed by atoms with E-state index in [1.54, 1.807) is 6.08 Å². The van der Waals surface area contributed by atoms with Gasteiger partial charge >= 0.3 is 7.82 Å². The van der Waals surface area contributed by atoms with E-state index in [-0.39, 0.29) is 19.1 Å². The van der Waals surface area contributed by atoms with E-state index in [0.717, 1.165) is 135 Å². The van der Waals surface area contributed by atoms with Crippen LogP contribution in [0, 0.1) is 0 Å². The van der Waals surface area contributed by atoms with E-state index in [4.69, 9.17) is 9.05 Å². The Labute approximate surface area is 580 Å². The van der Waals surface area contributed by atoms with E-state index in [0.29, 0.717) is 17.4 Å². The first-order valence-corrected chi connectivity index (χ1v) is 39.7. The maximum Gasteiger partial charge on any atom is 0.472 e. The molecule has 1 amide bonds. The van der Waals surface area contributed by atoms with Gasteiger partial charge in [-0.3, -0.25) is 13.8 Å². The molecular weight excluding hydrogens is 1180 g/mol. The Kier molecular flexibility index (Phi) is 69.4. The molecule has 0 saturated heterocycles. The van der Waals surface area contributed by atoms with E-state index in [9.17, 15) is 19.4 Å². The first-order valence-electron chi connectivity index (χ1n) is 38.2. The highest BCUT2D eigenvalue weighted by Gasteiger charge is 2.28. The molecule has 94 heavy (non-hydrogen) atoms. The van der Waals surface area contributed by atoms with Gasteiger partial charge in [-0.2, -0.15) is 0 Å². The van der Waals surface area contributed by atoms with Crippen LogP contribution in [-0.2, 0) is 18.4 Å². The lowest BCUT2D eigenvalue weighted by Gasteiger charge is -2.25. The van der Waals surface area contributed by atoms with Gasteiger partial charge in [0.05, 0.1) is 39.9 Å². The molecule has 0 aliphatic rings. The number of carbonyl (C=O) groups excluding carboxylic acids is 1. The fraction of sp³-hybridized carbons (Fsp3) is 0.635. The summed E-state index contributed by atoms with van der Waals surface area (Å²) in [5.41, 5.74) is 0. The number of likely N-dealkylation sites (N-methyl/N-ethyl adjacent to an activating group) is 1. The second-order valence-corrected chi connectivity index (χ2v) is 27.7. The Hall–Kier alpha value is -4.40. The Balaban J connectivity index is 4.23. The van der Waals surface area contributed by atoms with Gasteiger partial charge in [0.2, 0.25) is 5.91 Å². The highest BCUT2D eigenvalue weighted by Crippen LogP contribution is 2.43. The van der Waals surface area contributed by atoms with Crippen molar-refractivity contribution in [1.29, 1.82) is 0 Å². The number of aliphatic hydroxyl groups excluding tert-OH is 1. The minimum Gasteiger partial charge on any atom is -0.387 e. The molecule has 8 nitrogen and oxygen atoms in total. The molecule has 3 atom stereocenters. The first-order chi connectivity index (χ1) is 46.0. The summed E-state index contributed by atoms with van der Waals surface area (Å²) in [6, 6.07) is -0.900.